The van der Waals surface area contributed by atoms with Crippen LogP contribution in [0.15, 0.2) is 60.7 Å². The van der Waals surface area contributed by atoms with Gasteiger partial charge in [0.15, 0.2) is 5.78 Å². The highest BCUT2D eigenvalue weighted by molar-refractivity contribution is 6.00. The number of alkyl carbamates (subject to hydrolysis) is 1. The smallest absolute Gasteiger partial charge is 0.408 e. The lowest BCUT2D eigenvalue weighted by molar-refractivity contribution is -0.133. The van der Waals surface area contributed by atoms with Crippen LogP contribution in [0, 0.1) is 0 Å². The van der Waals surface area contributed by atoms with Crippen LogP contribution in [-0.4, -0.2) is 41.8 Å². The van der Waals surface area contributed by atoms with Crippen molar-refractivity contribution in [3.05, 3.63) is 71.8 Å². The Kier molecular flexibility index (Phi) is 8.01. The van der Waals surface area contributed by atoms with Crippen LogP contribution in [0.1, 0.15) is 48.0 Å². The largest absolute Gasteiger partial charge is 0.445 e. The Balaban J connectivity index is 1.66. The topological polar surface area (TPSA) is 75.7 Å². The van der Waals surface area contributed by atoms with Gasteiger partial charge in [0.25, 0.3) is 0 Å². The highest BCUT2D eigenvalue weighted by Gasteiger charge is 2.29. The summed E-state index contributed by atoms with van der Waals surface area (Å²) in [5, 5.41) is 2.63. The highest BCUT2D eigenvalue weighted by Crippen LogP contribution is 2.14. The van der Waals surface area contributed by atoms with Crippen LogP contribution in [0.3, 0.4) is 0 Å². The maximum Gasteiger partial charge on any atom is 0.408 e. The number of carbonyl (C=O) groups is 3. The molecule has 0 saturated carbocycles. The van der Waals surface area contributed by atoms with E-state index in [4.69, 9.17) is 4.74 Å². The maximum absolute atomic E-state index is 13.1. The van der Waals surface area contributed by atoms with Crippen molar-refractivity contribution in [2.24, 2.45) is 0 Å². The van der Waals surface area contributed by atoms with Gasteiger partial charge < -0.3 is 15.0 Å². The Morgan fingerprint density at radius 2 is 1.47 bits per heavy atom. The predicted octanol–water partition coefficient (Wildman–Crippen LogP) is 3.96. The second-order valence-corrected chi connectivity index (χ2v) is 7.49. The lowest BCUT2D eigenvalue weighted by atomic mass is 10.0. The first-order valence-corrected chi connectivity index (χ1v) is 10.5. The van der Waals surface area contributed by atoms with Crippen molar-refractivity contribution in [2.75, 3.05) is 13.1 Å². The molecule has 1 aliphatic heterocycles. The van der Waals surface area contributed by atoms with Gasteiger partial charge in [0.1, 0.15) is 12.6 Å². The third-order valence-corrected chi connectivity index (χ3v) is 5.21. The van der Waals surface area contributed by atoms with E-state index in [1.807, 2.05) is 36.4 Å². The van der Waals surface area contributed by atoms with Crippen LogP contribution in [0.2, 0.25) is 0 Å². The molecule has 3 rings (SSSR count). The predicted molar refractivity (Wildman–Crippen MR) is 114 cm³/mol. The fourth-order valence-corrected chi connectivity index (χ4v) is 3.55. The highest BCUT2D eigenvalue weighted by atomic mass is 16.5. The molecule has 6 heteroatoms. The van der Waals surface area contributed by atoms with Crippen LogP contribution in [0.5, 0.6) is 0 Å². The Morgan fingerprint density at radius 3 is 2.10 bits per heavy atom. The van der Waals surface area contributed by atoms with Crippen LogP contribution >= 0.6 is 0 Å². The summed E-state index contributed by atoms with van der Waals surface area (Å²) in [6.45, 7) is 1.40. The molecule has 1 unspecified atom stereocenters. The van der Waals surface area contributed by atoms with E-state index in [0.29, 0.717) is 18.7 Å². The van der Waals surface area contributed by atoms with Gasteiger partial charge in [-0.25, -0.2) is 4.79 Å². The number of Topliss-reactive ketones (excluding diaryl/α,β-unsaturated/α-hetero) is 1. The molecule has 2 amide bonds. The number of ketones is 1. The van der Waals surface area contributed by atoms with E-state index in [1.165, 1.54) is 0 Å². The van der Waals surface area contributed by atoms with Crippen molar-refractivity contribution in [3.63, 3.8) is 0 Å². The van der Waals surface area contributed by atoms with E-state index >= 15 is 0 Å². The number of hydrogen-bond acceptors (Lipinski definition) is 4. The van der Waals surface area contributed by atoms with Crippen LogP contribution in [0.25, 0.3) is 0 Å². The number of hydrogen-bond donors (Lipinski definition) is 1. The molecule has 158 valence electrons. The van der Waals surface area contributed by atoms with Crippen molar-refractivity contribution >= 4 is 17.8 Å². The van der Waals surface area contributed by atoms with Crippen LogP contribution < -0.4 is 5.32 Å². The third-order valence-electron chi connectivity index (χ3n) is 5.21. The van der Waals surface area contributed by atoms with Crippen molar-refractivity contribution in [2.45, 2.75) is 44.8 Å². The molecule has 1 heterocycles. The van der Waals surface area contributed by atoms with Crippen LogP contribution in [0.4, 0.5) is 4.79 Å². The third kappa shape index (κ3) is 6.44. The molecule has 0 radical (unpaired) electrons. The summed E-state index contributed by atoms with van der Waals surface area (Å²) < 4.78 is 5.28. The molecule has 1 atom stereocenters. The molecular formula is C24H28N2O4. The van der Waals surface area contributed by atoms with E-state index in [1.54, 1.807) is 29.2 Å². The van der Waals surface area contributed by atoms with Crippen molar-refractivity contribution in [1.82, 2.24) is 10.2 Å². The van der Waals surface area contributed by atoms with Gasteiger partial charge in [0.2, 0.25) is 5.91 Å². The maximum atomic E-state index is 13.1. The zero-order valence-electron chi connectivity index (χ0n) is 17.1. The molecule has 2 aromatic rings. The molecule has 0 aliphatic carbocycles. The number of nitrogens with one attached hydrogen (secondary N) is 1. The quantitative estimate of drug-likeness (QED) is 0.704. The molecule has 1 N–H and O–H groups in total. The molecule has 0 spiro atoms. The van der Waals surface area contributed by atoms with Crippen LogP contribution in [-0.2, 0) is 16.1 Å². The number of amides is 2. The van der Waals surface area contributed by atoms with Gasteiger partial charge in [-0.3, -0.25) is 9.59 Å². The molecule has 1 fully saturated rings. The Labute approximate surface area is 177 Å². The number of nitrogens with zero attached hydrogens (tertiary/aromatic N) is 1. The SMILES string of the molecule is O=C(NC(CC(=O)c1ccccc1)C(=O)N1CCCCCC1)OCc1ccccc1. The second-order valence-electron chi connectivity index (χ2n) is 7.49. The Morgan fingerprint density at radius 1 is 0.867 bits per heavy atom. The molecule has 0 aromatic heterocycles. The van der Waals surface area contributed by atoms with Gasteiger partial charge >= 0.3 is 6.09 Å². The average Bonchev–Trinajstić information content (AvgIpc) is 3.07. The summed E-state index contributed by atoms with van der Waals surface area (Å²) in [5.74, 6) is -0.412. The molecule has 1 saturated heterocycles. The molecule has 2 aromatic carbocycles. The van der Waals surface area contributed by atoms with Crippen molar-refractivity contribution < 1.29 is 19.1 Å². The minimum absolute atomic E-state index is 0.0974. The van der Waals surface area contributed by atoms with Crippen molar-refractivity contribution in [1.29, 1.82) is 0 Å². The average molecular weight is 408 g/mol. The van der Waals surface area contributed by atoms with E-state index in [9.17, 15) is 14.4 Å². The molecule has 6 nitrogen and oxygen atoms in total. The number of benzene rings is 2. The van der Waals surface area contributed by atoms with E-state index in [-0.39, 0.29) is 24.7 Å². The summed E-state index contributed by atoms with van der Waals surface area (Å²) in [6.07, 6.45) is 3.24. The van der Waals surface area contributed by atoms with Gasteiger partial charge in [-0.15, -0.1) is 0 Å². The molecule has 1 aliphatic rings. The normalized spacial score (nSPS) is 15.0. The number of likely N-dealkylation sites (tertiary alicyclic amines) is 1. The number of rotatable bonds is 7. The first kappa shape index (κ1) is 21.6. The van der Waals surface area contributed by atoms with E-state index in [2.05, 4.69) is 5.32 Å². The minimum atomic E-state index is -0.945. The summed E-state index contributed by atoms with van der Waals surface area (Å²) >= 11 is 0. The van der Waals surface area contributed by atoms with Gasteiger partial charge in [0.05, 0.1) is 0 Å². The zero-order valence-corrected chi connectivity index (χ0v) is 17.1. The minimum Gasteiger partial charge on any atom is -0.445 e. The van der Waals surface area contributed by atoms with Gasteiger partial charge in [-0.2, -0.15) is 0 Å². The molecule has 30 heavy (non-hydrogen) atoms. The lowest BCUT2D eigenvalue weighted by Crippen LogP contribution is -2.50. The van der Waals surface area contributed by atoms with Crippen molar-refractivity contribution in [3.8, 4) is 0 Å². The molecular weight excluding hydrogens is 380 g/mol. The lowest BCUT2D eigenvalue weighted by Gasteiger charge is -2.26. The summed E-state index contributed by atoms with van der Waals surface area (Å²) in [5.41, 5.74) is 1.37. The summed E-state index contributed by atoms with van der Waals surface area (Å²) in [6, 6.07) is 17.2. The van der Waals surface area contributed by atoms with Gasteiger partial charge in [0, 0.05) is 25.1 Å². The number of ether oxygens (including phenoxy) is 1. The first-order chi connectivity index (χ1) is 14.6. The van der Waals surface area contributed by atoms with Gasteiger partial charge in [-0.1, -0.05) is 73.5 Å². The Hall–Kier alpha value is -3.15. The Bertz CT molecular complexity index is 831. The van der Waals surface area contributed by atoms with E-state index < -0.39 is 12.1 Å². The van der Waals surface area contributed by atoms with E-state index in [0.717, 1.165) is 31.2 Å². The standard InChI is InChI=1S/C24H28N2O4/c27-22(20-13-7-4-8-14-20)17-21(23(28)26-15-9-1-2-10-16-26)25-24(29)30-18-19-11-5-3-6-12-19/h3-8,11-14,21H,1-2,9-10,15-18H2,(H,25,29). The zero-order chi connectivity index (χ0) is 21.2. The summed E-state index contributed by atoms with van der Waals surface area (Å²) in [4.78, 5) is 40.0. The fraction of sp³-hybridized carbons (Fsp3) is 0.375. The molecule has 0 bridgehead atoms. The first-order valence-electron chi connectivity index (χ1n) is 10.5. The second kappa shape index (κ2) is 11.1. The monoisotopic (exact) mass is 408 g/mol. The van der Waals surface area contributed by atoms with Gasteiger partial charge in [-0.05, 0) is 18.4 Å². The fourth-order valence-electron chi connectivity index (χ4n) is 3.55. The summed E-state index contributed by atoms with van der Waals surface area (Å²) in [7, 11) is 0. The number of carbonyl (C=O) groups excluding carboxylic acids is 3.